The average Bonchev–Trinajstić information content (AvgIpc) is 3.55. The van der Waals surface area contributed by atoms with Crippen LogP contribution >= 0.6 is 23.4 Å². The van der Waals surface area contributed by atoms with Gasteiger partial charge in [0.15, 0.2) is 0 Å². The molecule has 2 aromatic carbocycles. The molecule has 0 bridgehead atoms. The molecule has 0 saturated carbocycles. The number of fused-ring (bicyclic) bond motifs is 3. The molecule has 2 aromatic heterocycles. The molecule has 0 unspecified atom stereocenters. The molecular weight excluding hydrogens is 729 g/mol. The Hall–Kier alpha value is -4.15. The summed E-state index contributed by atoms with van der Waals surface area (Å²) in [6.45, 7) is 0.322. The fraction of sp³-hybridized carbons (Fsp3) is 0.405. The van der Waals surface area contributed by atoms with Gasteiger partial charge in [-0.1, -0.05) is 41.6 Å². The first-order chi connectivity index (χ1) is 25.4. The van der Waals surface area contributed by atoms with E-state index < -0.39 is 54.1 Å². The number of carbonyl (C=O) groups excluding carboxylic acids is 3. The molecule has 0 aliphatic carbocycles. The van der Waals surface area contributed by atoms with E-state index in [4.69, 9.17) is 23.1 Å². The number of amides is 3. The molecule has 0 fully saturated rings. The Kier molecular flexibility index (Phi) is 13.8. The molecule has 8 N–H and O–H groups in total. The molecule has 0 radical (unpaired) electrons. The first-order valence-electron chi connectivity index (χ1n) is 17.5. The zero-order chi connectivity index (χ0) is 38.1. The van der Waals surface area contributed by atoms with E-state index >= 15 is 0 Å². The molecule has 5 rings (SSSR count). The minimum absolute atomic E-state index is 0.0323. The molecule has 1 aliphatic heterocycles. The number of likely N-dealkylation sites (N-methyl/N-ethyl adjacent to an activating group) is 1. The van der Waals surface area contributed by atoms with Gasteiger partial charge in [0, 0.05) is 65.8 Å². The fourth-order valence-electron chi connectivity index (χ4n) is 6.42. The Morgan fingerprint density at radius 2 is 1.72 bits per heavy atom. The van der Waals surface area contributed by atoms with E-state index in [0.717, 1.165) is 34.3 Å². The van der Waals surface area contributed by atoms with Crippen molar-refractivity contribution in [2.45, 2.75) is 85.7 Å². The van der Waals surface area contributed by atoms with E-state index in [1.807, 2.05) is 24.3 Å². The van der Waals surface area contributed by atoms with E-state index in [-0.39, 0.29) is 34.9 Å². The monoisotopic (exact) mass is 772 g/mol. The molecule has 284 valence electrons. The van der Waals surface area contributed by atoms with Gasteiger partial charge in [-0.25, -0.2) is 0 Å². The normalized spacial score (nSPS) is 19.3. The minimum atomic E-state index is -4.77. The summed E-state index contributed by atoms with van der Waals surface area (Å²) in [6.07, 6.45) is 2.30. The lowest BCUT2D eigenvalue weighted by Crippen LogP contribution is -2.57. The summed E-state index contributed by atoms with van der Waals surface area (Å²) in [6, 6.07) is 8.27. The zero-order valence-corrected chi connectivity index (χ0v) is 30.8. The van der Waals surface area contributed by atoms with Crippen molar-refractivity contribution in [2.75, 3.05) is 20.1 Å². The fourth-order valence-corrected chi connectivity index (χ4v) is 7.79. The Balaban J connectivity index is 1.63. The van der Waals surface area contributed by atoms with Crippen molar-refractivity contribution in [1.82, 2.24) is 30.8 Å². The first kappa shape index (κ1) is 40.0. The van der Waals surface area contributed by atoms with Crippen LogP contribution in [0.2, 0.25) is 5.02 Å². The smallest absolute Gasteiger partial charge is 0.361 e. The standard InChI is InChI=1S/C37H44ClF3N8O3S/c1-49-31(17-23-19-45-28-8-3-2-7-24(23)28)35(51)47-20-25-26(37(39,40)41)11-12-27(38)33(25)53-32-21-44-16-13-22(32)18-46-29(10-6-15-43)34(50)48-30(36(49)52)9-4-5-14-42/h2-3,7-8,11-13,16,19,21,29-31,45-46H,4-6,9-10,14-15,17-18,20,42-43H2,1H3,(H,47,51)(H,48,50)/t29-,30-,31-/m0/s1. The molecular formula is C37H44ClF3N8O3S. The maximum atomic E-state index is 14.6. The van der Waals surface area contributed by atoms with E-state index in [9.17, 15) is 27.6 Å². The lowest BCUT2D eigenvalue weighted by Gasteiger charge is -2.32. The summed E-state index contributed by atoms with van der Waals surface area (Å²) in [5, 5.41) is 9.78. The van der Waals surface area contributed by atoms with Gasteiger partial charge in [0.05, 0.1) is 16.6 Å². The van der Waals surface area contributed by atoms with Crippen LogP contribution in [0.25, 0.3) is 10.9 Å². The van der Waals surface area contributed by atoms with Gasteiger partial charge < -0.3 is 37.3 Å². The van der Waals surface area contributed by atoms with Crippen LogP contribution in [0.4, 0.5) is 13.2 Å². The predicted molar refractivity (Wildman–Crippen MR) is 199 cm³/mol. The van der Waals surface area contributed by atoms with Crippen LogP contribution in [0.5, 0.6) is 0 Å². The van der Waals surface area contributed by atoms with Crippen molar-refractivity contribution in [2.24, 2.45) is 11.5 Å². The largest absolute Gasteiger partial charge is 0.416 e. The summed E-state index contributed by atoms with van der Waals surface area (Å²) in [5.74, 6) is -1.63. The van der Waals surface area contributed by atoms with Crippen LogP contribution in [0.3, 0.4) is 0 Å². The molecule has 3 heterocycles. The highest BCUT2D eigenvalue weighted by molar-refractivity contribution is 7.99. The van der Waals surface area contributed by atoms with Crippen molar-refractivity contribution < 1.29 is 27.6 Å². The average molecular weight is 773 g/mol. The predicted octanol–water partition coefficient (Wildman–Crippen LogP) is 4.90. The van der Waals surface area contributed by atoms with Crippen molar-refractivity contribution in [3.8, 4) is 0 Å². The second kappa shape index (κ2) is 18.3. The third kappa shape index (κ3) is 9.89. The van der Waals surface area contributed by atoms with Gasteiger partial charge in [-0.05, 0) is 86.1 Å². The second-order valence-corrected chi connectivity index (χ2v) is 14.4. The number of para-hydroxylation sites is 1. The van der Waals surface area contributed by atoms with Crippen LogP contribution in [-0.4, -0.2) is 70.9 Å². The van der Waals surface area contributed by atoms with E-state index in [1.165, 1.54) is 24.2 Å². The molecule has 11 nitrogen and oxygen atoms in total. The maximum absolute atomic E-state index is 14.6. The number of nitrogens with one attached hydrogen (secondary N) is 4. The Morgan fingerprint density at radius 1 is 0.962 bits per heavy atom. The first-order valence-corrected chi connectivity index (χ1v) is 18.6. The maximum Gasteiger partial charge on any atom is 0.416 e. The molecule has 1 aliphatic rings. The number of unbranched alkanes of at least 4 members (excludes halogenated alkanes) is 1. The van der Waals surface area contributed by atoms with Crippen LogP contribution in [-0.2, 0) is 40.1 Å². The minimum Gasteiger partial charge on any atom is -0.361 e. The molecule has 53 heavy (non-hydrogen) atoms. The number of hydrogen-bond acceptors (Lipinski definition) is 8. The number of halogens is 4. The SMILES string of the molecule is CN1C(=O)[C@H](CCCCN)NC(=O)[C@H](CCCN)NCc2ccncc2Sc2c(Cl)ccc(C(F)(F)F)c2CNC(=O)[C@@H]1Cc1c[nH]c2ccccc12. The third-order valence-corrected chi connectivity index (χ3v) is 11.0. The zero-order valence-electron chi connectivity index (χ0n) is 29.3. The van der Waals surface area contributed by atoms with Gasteiger partial charge in [0.2, 0.25) is 17.7 Å². The Labute approximate surface area is 315 Å². The number of nitrogens with zero attached hydrogens (tertiary/aromatic N) is 2. The number of aromatic nitrogens is 2. The van der Waals surface area contributed by atoms with Crippen molar-refractivity contribution in [1.29, 1.82) is 0 Å². The summed E-state index contributed by atoms with van der Waals surface area (Å²) in [7, 11) is 1.47. The van der Waals surface area contributed by atoms with Crippen molar-refractivity contribution in [3.63, 3.8) is 0 Å². The number of aromatic amines is 1. The number of nitrogens with two attached hydrogens (primary N) is 2. The van der Waals surface area contributed by atoms with E-state index in [2.05, 4.69) is 25.9 Å². The Bertz CT molecular complexity index is 1910. The van der Waals surface area contributed by atoms with Gasteiger partial charge >= 0.3 is 6.18 Å². The third-order valence-electron chi connectivity index (χ3n) is 9.36. The highest BCUT2D eigenvalue weighted by Gasteiger charge is 2.37. The van der Waals surface area contributed by atoms with Crippen LogP contribution < -0.4 is 27.4 Å². The summed E-state index contributed by atoms with van der Waals surface area (Å²) in [4.78, 5) is 51.8. The summed E-state index contributed by atoms with van der Waals surface area (Å²) < 4.78 is 43.7. The number of H-pyrrole nitrogens is 1. The number of rotatable bonds is 9. The lowest BCUT2D eigenvalue weighted by atomic mass is 10.0. The number of pyridine rings is 1. The van der Waals surface area contributed by atoms with E-state index in [1.54, 1.807) is 18.5 Å². The van der Waals surface area contributed by atoms with Gasteiger partial charge in [-0.3, -0.25) is 19.4 Å². The summed E-state index contributed by atoms with van der Waals surface area (Å²) >= 11 is 7.60. The highest BCUT2D eigenvalue weighted by atomic mass is 35.5. The molecule has 0 saturated heterocycles. The van der Waals surface area contributed by atoms with Crippen molar-refractivity contribution >= 4 is 52.0 Å². The van der Waals surface area contributed by atoms with Crippen LogP contribution in [0.1, 0.15) is 54.4 Å². The topological polar surface area (TPSA) is 171 Å². The van der Waals surface area contributed by atoms with Gasteiger partial charge in [-0.15, -0.1) is 0 Å². The molecule has 4 aromatic rings. The van der Waals surface area contributed by atoms with Gasteiger partial charge in [-0.2, -0.15) is 13.2 Å². The highest BCUT2D eigenvalue weighted by Crippen LogP contribution is 2.43. The second-order valence-electron chi connectivity index (χ2n) is 12.9. The number of benzene rings is 2. The number of hydrogen-bond donors (Lipinski definition) is 6. The van der Waals surface area contributed by atoms with E-state index in [0.29, 0.717) is 49.2 Å². The van der Waals surface area contributed by atoms with Crippen LogP contribution in [0.15, 0.2) is 70.8 Å². The lowest BCUT2D eigenvalue weighted by molar-refractivity contribution is -0.142. The number of carbonyl (C=O) groups is 3. The van der Waals surface area contributed by atoms with Crippen LogP contribution in [0, 0.1) is 0 Å². The molecule has 16 heteroatoms. The quantitative estimate of drug-likeness (QED) is 0.131. The Morgan fingerprint density at radius 3 is 2.47 bits per heavy atom. The number of alkyl halides is 3. The van der Waals surface area contributed by atoms with Gasteiger partial charge in [0.25, 0.3) is 0 Å². The summed E-state index contributed by atoms with van der Waals surface area (Å²) in [5.41, 5.74) is 12.6. The van der Waals surface area contributed by atoms with Crippen molar-refractivity contribution in [3.05, 3.63) is 88.3 Å². The molecule has 3 amide bonds. The molecule has 3 atom stereocenters. The van der Waals surface area contributed by atoms with Gasteiger partial charge in [0.1, 0.15) is 12.1 Å². The molecule has 0 spiro atoms.